The zero-order chi connectivity index (χ0) is 23.5. The molecule has 0 saturated carbocycles. The zero-order valence-corrected chi connectivity index (χ0v) is 18.3. The number of anilines is 1. The predicted octanol–water partition coefficient (Wildman–Crippen LogP) is 1.90. The van der Waals surface area contributed by atoms with Gasteiger partial charge < -0.3 is 10.1 Å². The third kappa shape index (κ3) is 5.02. The van der Waals surface area contributed by atoms with Crippen LogP contribution in [0.1, 0.15) is 44.4 Å². The minimum absolute atomic E-state index is 0.161. The minimum Gasteiger partial charge on any atom is -0.462 e. The van der Waals surface area contributed by atoms with Gasteiger partial charge in [-0.1, -0.05) is 12.1 Å². The molecule has 0 spiro atoms. The number of nitrogens with zero attached hydrogens (tertiary/aromatic N) is 1. The van der Waals surface area contributed by atoms with Crippen LogP contribution in [0.15, 0.2) is 48.5 Å². The molecule has 2 aromatic rings. The van der Waals surface area contributed by atoms with Crippen molar-refractivity contribution in [3.8, 4) is 0 Å². The van der Waals surface area contributed by atoms with Gasteiger partial charge in [0.15, 0.2) is 0 Å². The molecule has 1 aliphatic rings. The van der Waals surface area contributed by atoms with Gasteiger partial charge in [-0.15, -0.1) is 0 Å². The third-order valence-electron chi connectivity index (χ3n) is 4.87. The van der Waals surface area contributed by atoms with Gasteiger partial charge in [0.2, 0.25) is 5.91 Å². The second-order valence-electron chi connectivity index (χ2n) is 7.25. The Balaban J connectivity index is 1.84. The number of carbonyl (C=O) groups is 4. The molecule has 3 rings (SSSR count). The lowest BCUT2D eigenvalue weighted by atomic mass is 10.1. The molecular weight excluding hydrogens is 436 g/mol. The fourth-order valence-corrected chi connectivity index (χ4v) is 3.98. The van der Waals surface area contributed by atoms with Gasteiger partial charge in [0.25, 0.3) is 11.8 Å². The first-order chi connectivity index (χ1) is 15.1. The number of fused-ring (bicyclic) bond motifs is 1. The summed E-state index contributed by atoms with van der Waals surface area (Å²) in [5.41, 5.74) is 0.921. The number of sulfone groups is 1. The van der Waals surface area contributed by atoms with E-state index in [9.17, 15) is 27.6 Å². The van der Waals surface area contributed by atoms with E-state index in [4.69, 9.17) is 4.74 Å². The van der Waals surface area contributed by atoms with Gasteiger partial charge in [-0.25, -0.2) is 13.2 Å². The monoisotopic (exact) mass is 458 g/mol. The fourth-order valence-electron chi connectivity index (χ4n) is 3.32. The van der Waals surface area contributed by atoms with Crippen LogP contribution in [0.2, 0.25) is 0 Å². The van der Waals surface area contributed by atoms with Gasteiger partial charge >= 0.3 is 5.97 Å². The Bertz CT molecular complexity index is 1140. The number of ether oxygens (including phenoxy) is 1. The molecule has 1 unspecified atom stereocenters. The van der Waals surface area contributed by atoms with Crippen molar-refractivity contribution in [1.82, 2.24) is 4.90 Å². The quantitative estimate of drug-likeness (QED) is 0.473. The summed E-state index contributed by atoms with van der Waals surface area (Å²) in [5, 5.41) is 2.59. The second kappa shape index (κ2) is 9.31. The number of esters is 1. The van der Waals surface area contributed by atoms with Crippen molar-refractivity contribution >= 4 is 39.2 Å². The van der Waals surface area contributed by atoms with Gasteiger partial charge in [0.1, 0.15) is 15.9 Å². The largest absolute Gasteiger partial charge is 0.462 e. The average molecular weight is 458 g/mol. The highest BCUT2D eigenvalue weighted by Crippen LogP contribution is 2.26. The van der Waals surface area contributed by atoms with Gasteiger partial charge in [-0.3, -0.25) is 19.3 Å². The van der Waals surface area contributed by atoms with Crippen molar-refractivity contribution in [3.05, 3.63) is 65.2 Å². The maximum absolute atomic E-state index is 13.0. The third-order valence-corrected chi connectivity index (χ3v) is 5.84. The summed E-state index contributed by atoms with van der Waals surface area (Å²) < 4.78 is 28.3. The van der Waals surface area contributed by atoms with Crippen LogP contribution in [0, 0.1) is 0 Å². The highest BCUT2D eigenvalue weighted by atomic mass is 32.2. The number of nitrogens with one attached hydrogen (secondary N) is 1. The van der Waals surface area contributed by atoms with Gasteiger partial charge in [0.05, 0.1) is 29.1 Å². The Kier molecular flexibility index (Phi) is 6.73. The van der Waals surface area contributed by atoms with Crippen molar-refractivity contribution in [1.29, 1.82) is 0 Å². The molecule has 32 heavy (non-hydrogen) atoms. The van der Waals surface area contributed by atoms with Crippen molar-refractivity contribution in [3.63, 3.8) is 0 Å². The summed E-state index contributed by atoms with van der Waals surface area (Å²) in [5.74, 6) is -2.93. The van der Waals surface area contributed by atoms with Crippen LogP contribution in [0.25, 0.3) is 0 Å². The zero-order valence-electron chi connectivity index (χ0n) is 17.5. The first-order valence-corrected chi connectivity index (χ1v) is 11.9. The second-order valence-corrected chi connectivity index (χ2v) is 9.51. The van der Waals surface area contributed by atoms with E-state index in [0.717, 1.165) is 11.2 Å². The molecule has 2 aromatic carbocycles. The van der Waals surface area contributed by atoms with E-state index in [1.807, 2.05) is 0 Å². The summed E-state index contributed by atoms with van der Waals surface area (Å²) in [7, 11) is -3.46. The maximum atomic E-state index is 13.0. The number of hydrogen-bond donors (Lipinski definition) is 1. The lowest BCUT2D eigenvalue weighted by molar-refractivity contribution is -0.120. The van der Waals surface area contributed by atoms with E-state index < -0.39 is 39.6 Å². The van der Waals surface area contributed by atoms with Crippen LogP contribution in [0.4, 0.5) is 5.69 Å². The molecule has 1 N–H and O–H groups in total. The summed E-state index contributed by atoms with van der Waals surface area (Å²) >= 11 is 0. The van der Waals surface area contributed by atoms with Crippen LogP contribution in [0.3, 0.4) is 0 Å². The van der Waals surface area contributed by atoms with Crippen molar-refractivity contribution in [2.75, 3.05) is 23.9 Å². The van der Waals surface area contributed by atoms with Crippen molar-refractivity contribution < 1.29 is 32.3 Å². The molecule has 1 atom stereocenters. The topological polar surface area (TPSA) is 127 Å². The lowest BCUT2D eigenvalue weighted by Gasteiger charge is -2.25. The molecule has 0 aromatic heterocycles. The molecule has 0 fully saturated rings. The van der Waals surface area contributed by atoms with Crippen LogP contribution in [-0.2, 0) is 19.4 Å². The Morgan fingerprint density at radius 3 is 2.06 bits per heavy atom. The highest BCUT2D eigenvalue weighted by Gasteiger charge is 2.42. The molecule has 1 aliphatic heterocycles. The van der Waals surface area contributed by atoms with Gasteiger partial charge in [-0.2, -0.15) is 0 Å². The first-order valence-electron chi connectivity index (χ1n) is 9.85. The number of carbonyl (C=O) groups excluding carboxylic acids is 4. The van der Waals surface area contributed by atoms with Gasteiger partial charge in [-0.05, 0) is 49.7 Å². The standard InChI is InChI=1S/C22H22N2O7S/c1-3-31-22(28)14-8-10-15(11-9-14)23-19(25)18(12-13-32(2,29)30)24-20(26)16-6-4-5-7-17(16)21(24)27/h4-11,18H,3,12-13H2,1-2H3,(H,23,25). The van der Waals surface area contributed by atoms with E-state index in [1.54, 1.807) is 19.1 Å². The predicted molar refractivity (Wildman–Crippen MR) is 116 cm³/mol. The number of hydrogen-bond acceptors (Lipinski definition) is 7. The number of benzene rings is 2. The Morgan fingerprint density at radius 2 is 1.56 bits per heavy atom. The molecule has 168 valence electrons. The SMILES string of the molecule is CCOC(=O)c1ccc(NC(=O)C(CCS(C)(=O)=O)N2C(=O)c3ccccc3C2=O)cc1. The summed E-state index contributed by atoms with van der Waals surface area (Å²) in [4.78, 5) is 51.3. The molecule has 0 radical (unpaired) electrons. The van der Waals surface area contributed by atoms with E-state index in [0.29, 0.717) is 11.3 Å². The van der Waals surface area contributed by atoms with E-state index in [2.05, 4.69) is 5.32 Å². The molecule has 1 heterocycles. The molecule has 0 saturated heterocycles. The van der Waals surface area contributed by atoms with E-state index in [-0.39, 0.29) is 29.9 Å². The summed E-state index contributed by atoms with van der Waals surface area (Å²) in [6.07, 6.45) is 0.759. The summed E-state index contributed by atoms with van der Waals surface area (Å²) in [6.45, 7) is 1.90. The number of amides is 3. The molecule has 3 amide bonds. The number of imide groups is 1. The van der Waals surface area contributed by atoms with Crippen LogP contribution >= 0.6 is 0 Å². The number of rotatable bonds is 8. The highest BCUT2D eigenvalue weighted by molar-refractivity contribution is 7.90. The molecule has 10 heteroatoms. The van der Waals surface area contributed by atoms with E-state index >= 15 is 0 Å². The van der Waals surface area contributed by atoms with Crippen LogP contribution in [-0.4, -0.2) is 61.7 Å². The Labute approximate surface area is 185 Å². The summed E-state index contributed by atoms with van der Waals surface area (Å²) in [6, 6.07) is 10.7. The Hall–Kier alpha value is -3.53. The van der Waals surface area contributed by atoms with Crippen molar-refractivity contribution in [2.45, 2.75) is 19.4 Å². The molecule has 0 aliphatic carbocycles. The normalized spacial score (nSPS) is 14.1. The van der Waals surface area contributed by atoms with E-state index in [1.165, 1.54) is 36.4 Å². The Morgan fingerprint density at radius 1 is 1.00 bits per heavy atom. The fraction of sp³-hybridized carbons (Fsp3) is 0.273. The maximum Gasteiger partial charge on any atom is 0.338 e. The van der Waals surface area contributed by atoms with Gasteiger partial charge in [0, 0.05) is 11.9 Å². The lowest BCUT2D eigenvalue weighted by Crippen LogP contribution is -2.48. The molecule has 9 nitrogen and oxygen atoms in total. The first kappa shape index (κ1) is 23.1. The smallest absolute Gasteiger partial charge is 0.338 e. The van der Waals surface area contributed by atoms with Crippen LogP contribution < -0.4 is 5.32 Å². The average Bonchev–Trinajstić information content (AvgIpc) is 2.99. The van der Waals surface area contributed by atoms with Crippen LogP contribution in [0.5, 0.6) is 0 Å². The molecule has 0 bridgehead atoms. The molecular formula is C22H22N2O7S. The van der Waals surface area contributed by atoms with Crippen molar-refractivity contribution in [2.24, 2.45) is 0 Å². The minimum atomic E-state index is -3.46.